The van der Waals surface area contributed by atoms with Crippen molar-refractivity contribution in [3.63, 3.8) is 0 Å². The number of H-pyrrole nitrogens is 1. The maximum atomic E-state index is 12.5. The quantitative estimate of drug-likeness (QED) is 0.182. The number of nitrogens with two attached hydrogens (primary N) is 2. The largest absolute Gasteiger partial charge is 0.372 e. The summed E-state index contributed by atoms with van der Waals surface area (Å²) in [5.41, 5.74) is 3.96. The van der Waals surface area contributed by atoms with Crippen molar-refractivity contribution in [3.05, 3.63) is 45.7 Å². The number of pyridine rings is 1. The Balaban J connectivity index is 0.00000166. The predicted molar refractivity (Wildman–Crippen MR) is 124 cm³/mol. The first-order valence-electron chi connectivity index (χ1n) is 9.95. The van der Waals surface area contributed by atoms with E-state index in [4.69, 9.17) is 11.7 Å². The second-order valence-corrected chi connectivity index (χ2v) is 7.37. The van der Waals surface area contributed by atoms with Gasteiger partial charge < -0.3 is 21.2 Å². The molecule has 2 heterocycles. The fourth-order valence-corrected chi connectivity index (χ4v) is 4.16. The Morgan fingerprint density at radius 2 is 1.81 bits per heavy atom. The molecule has 1 saturated heterocycles. The highest BCUT2D eigenvalue weighted by atomic mass is 32.2. The van der Waals surface area contributed by atoms with Crippen LogP contribution in [0.15, 0.2) is 39.2 Å². The number of rotatable bonds is 5. The van der Waals surface area contributed by atoms with Crippen LogP contribution in [-0.2, 0) is 0 Å². The van der Waals surface area contributed by atoms with Gasteiger partial charge in [0.05, 0.1) is 16.3 Å². The van der Waals surface area contributed by atoms with Crippen molar-refractivity contribution in [1.29, 1.82) is 10.5 Å². The summed E-state index contributed by atoms with van der Waals surface area (Å²) in [6.07, 6.45) is 2.33. The number of nitrogens with one attached hydrogen (secondary N) is 2. The lowest BCUT2D eigenvalue weighted by molar-refractivity contribution is 0.949. The number of aromatic nitrogens is 1. The van der Waals surface area contributed by atoms with E-state index in [2.05, 4.69) is 26.5 Å². The predicted octanol–water partition coefficient (Wildman–Crippen LogP) is 2.24. The van der Waals surface area contributed by atoms with Crippen LogP contribution in [0.25, 0.3) is 11.1 Å². The zero-order chi connectivity index (χ0) is 22.8. The summed E-state index contributed by atoms with van der Waals surface area (Å²) in [6.45, 7) is 6.02. The SMILES string of the molecule is CC.N#Cc1c(SC/C(=N/N)NN)[nH]c(=O)c(C#N)c1-c1ccc(N2CCCC2)cc1. The van der Waals surface area contributed by atoms with E-state index in [0.717, 1.165) is 30.5 Å². The number of hydrazone groups is 1. The van der Waals surface area contributed by atoms with Crippen LogP contribution in [0.1, 0.15) is 37.8 Å². The number of nitrogens with zero attached hydrogens (tertiary/aromatic N) is 4. The molecule has 2 aromatic rings. The molecule has 6 N–H and O–H groups in total. The highest BCUT2D eigenvalue weighted by Gasteiger charge is 2.20. The van der Waals surface area contributed by atoms with Gasteiger partial charge >= 0.3 is 0 Å². The van der Waals surface area contributed by atoms with Crippen LogP contribution in [-0.4, -0.2) is 29.7 Å². The van der Waals surface area contributed by atoms with Gasteiger partial charge in [0.1, 0.15) is 23.5 Å². The molecule has 0 spiro atoms. The first kappa shape index (κ1) is 23.8. The molecule has 1 aliphatic heterocycles. The van der Waals surface area contributed by atoms with Crippen molar-refractivity contribution >= 4 is 23.3 Å². The molecule has 0 atom stereocenters. The van der Waals surface area contributed by atoms with Gasteiger partial charge in [0.25, 0.3) is 5.56 Å². The van der Waals surface area contributed by atoms with Crippen LogP contribution in [0.2, 0.25) is 0 Å². The highest BCUT2D eigenvalue weighted by molar-refractivity contribution is 8.00. The van der Waals surface area contributed by atoms with E-state index < -0.39 is 5.56 Å². The minimum absolute atomic E-state index is 0.0931. The average Bonchev–Trinajstić information content (AvgIpc) is 3.36. The van der Waals surface area contributed by atoms with E-state index in [1.807, 2.05) is 44.2 Å². The van der Waals surface area contributed by atoms with E-state index in [1.165, 1.54) is 12.8 Å². The maximum absolute atomic E-state index is 12.5. The number of thioether (sulfide) groups is 1. The molecule has 0 saturated carbocycles. The number of nitriles is 2. The van der Waals surface area contributed by atoms with Gasteiger partial charge in [0.15, 0.2) is 0 Å². The van der Waals surface area contributed by atoms with Crippen molar-refractivity contribution in [2.75, 3.05) is 23.7 Å². The van der Waals surface area contributed by atoms with Crippen LogP contribution in [0.3, 0.4) is 0 Å². The van der Waals surface area contributed by atoms with Gasteiger partial charge in [-0.2, -0.15) is 15.6 Å². The first-order valence-corrected chi connectivity index (χ1v) is 10.9. The molecule has 0 bridgehead atoms. The van der Waals surface area contributed by atoms with E-state index in [9.17, 15) is 15.3 Å². The van der Waals surface area contributed by atoms with Crippen molar-refractivity contribution in [1.82, 2.24) is 10.4 Å². The number of anilines is 1. The number of amidine groups is 1. The van der Waals surface area contributed by atoms with E-state index in [0.29, 0.717) is 22.0 Å². The molecule has 1 aliphatic rings. The van der Waals surface area contributed by atoms with E-state index in [-0.39, 0.29) is 16.9 Å². The molecule has 10 heteroatoms. The third-order valence-corrected chi connectivity index (χ3v) is 5.72. The summed E-state index contributed by atoms with van der Waals surface area (Å²) < 4.78 is 0. The number of hydrazine groups is 1. The number of benzene rings is 1. The number of hydrogen-bond acceptors (Lipinski definition) is 8. The van der Waals surface area contributed by atoms with Crippen molar-refractivity contribution in [3.8, 4) is 23.3 Å². The second kappa shape index (κ2) is 11.6. The van der Waals surface area contributed by atoms with Gasteiger partial charge in [-0.05, 0) is 30.5 Å². The van der Waals surface area contributed by atoms with Crippen LogP contribution in [0, 0.1) is 22.7 Å². The topological polar surface area (TPSA) is 160 Å². The molecule has 0 unspecified atom stereocenters. The summed E-state index contributed by atoms with van der Waals surface area (Å²) in [4.78, 5) is 17.4. The van der Waals surface area contributed by atoms with Crippen molar-refractivity contribution in [2.24, 2.45) is 16.8 Å². The Morgan fingerprint density at radius 3 is 2.32 bits per heavy atom. The molecule has 3 rings (SSSR count). The third-order valence-electron chi connectivity index (χ3n) is 4.71. The maximum Gasteiger partial charge on any atom is 0.267 e. The Kier molecular flexibility index (Phi) is 8.94. The average molecular weight is 439 g/mol. The first-order chi connectivity index (χ1) is 15.1. The van der Waals surface area contributed by atoms with Crippen molar-refractivity contribution in [2.45, 2.75) is 31.7 Å². The highest BCUT2D eigenvalue weighted by Crippen LogP contribution is 2.32. The molecule has 1 aromatic heterocycles. The lowest BCUT2D eigenvalue weighted by Crippen LogP contribution is -2.33. The van der Waals surface area contributed by atoms with Gasteiger partial charge in [-0.25, -0.2) is 5.84 Å². The summed E-state index contributed by atoms with van der Waals surface area (Å²) in [7, 11) is 0. The zero-order valence-corrected chi connectivity index (χ0v) is 18.4. The smallest absolute Gasteiger partial charge is 0.267 e. The lowest BCUT2D eigenvalue weighted by atomic mass is 9.97. The van der Waals surface area contributed by atoms with Crippen LogP contribution in [0.4, 0.5) is 5.69 Å². The van der Waals surface area contributed by atoms with Gasteiger partial charge in [0.2, 0.25) is 0 Å². The Labute approximate surface area is 185 Å². The molecule has 0 amide bonds. The van der Waals surface area contributed by atoms with E-state index in [1.54, 1.807) is 0 Å². The molecule has 162 valence electrons. The summed E-state index contributed by atoms with van der Waals surface area (Å²) >= 11 is 1.15. The normalized spacial score (nSPS) is 13.1. The lowest BCUT2D eigenvalue weighted by Gasteiger charge is -2.18. The minimum Gasteiger partial charge on any atom is -0.372 e. The van der Waals surface area contributed by atoms with Gasteiger partial charge in [0, 0.05) is 24.3 Å². The molecule has 1 aromatic carbocycles. The fourth-order valence-electron chi connectivity index (χ4n) is 3.26. The number of hydrogen-bond donors (Lipinski definition) is 4. The summed E-state index contributed by atoms with van der Waals surface area (Å²) in [5, 5.41) is 23.1. The van der Waals surface area contributed by atoms with Crippen LogP contribution in [0.5, 0.6) is 0 Å². The molecule has 9 nitrogen and oxygen atoms in total. The summed E-state index contributed by atoms with van der Waals surface area (Å²) in [5.74, 6) is 11.1. The standard InChI is InChI=1S/C19H20N8OS.C2H6/c20-9-14-17(12-3-5-13(6-4-12)27-7-1-2-8-27)15(10-21)19(24-18(14)28)29-11-16(25-22)26-23;1-2/h3-6H,1-2,7-8,11,22-23H2,(H,24,28)(H,25,26);1-2H3. The molecule has 31 heavy (non-hydrogen) atoms. The van der Waals surface area contributed by atoms with Gasteiger partial charge in [-0.1, -0.05) is 37.7 Å². The van der Waals surface area contributed by atoms with Crippen LogP contribution < -0.4 is 27.6 Å². The molecule has 0 radical (unpaired) electrons. The monoisotopic (exact) mass is 438 g/mol. The summed E-state index contributed by atoms with van der Waals surface area (Å²) in [6, 6.07) is 11.6. The van der Waals surface area contributed by atoms with E-state index >= 15 is 0 Å². The second-order valence-electron chi connectivity index (χ2n) is 6.38. The van der Waals surface area contributed by atoms with Gasteiger partial charge in [-0.3, -0.25) is 4.79 Å². The molecule has 1 fully saturated rings. The van der Waals surface area contributed by atoms with Crippen LogP contribution >= 0.6 is 11.8 Å². The molecular weight excluding hydrogens is 412 g/mol. The minimum atomic E-state index is -0.556. The molecular formula is C21H26N8OS. The Bertz CT molecular complexity index is 1060. The van der Waals surface area contributed by atoms with Gasteiger partial charge in [-0.15, -0.1) is 0 Å². The van der Waals surface area contributed by atoms with Crippen molar-refractivity contribution < 1.29 is 0 Å². The molecule has 0 aliphatic carbocycles. The Hall–Kier alpha value is -3.47. The third kappa shape index (κ3) is 5.37. The number of aromatic amines is 1. The Morgan fingerprint density at radius 1 is 1.19 bits per heavy atom. The zero-order valence-electron chi connectivity index (χ0n) is 17.6. The fraction of sp³-hybridized carbons (Fsp3) is 0.333.